The van der Waals surface area contributed by atoms with Crippen molar-refractivity contribution in [2.24, 2.45) is 0 Å². The van der Waals surface area contributed by atoms with Crippen LogP contribution in [0.15, 0.2) is 36.4 Å². The van der Waals surface area contributed by atoms with E-state index in [1.165, 1.54) is 0 Å². The lowest BCUT2D eigenvalue weighted by molar-refractivity contribution is -0.115. The lowest BCUT2D eigenvalue weighted by atomic mass is 10.1. The number of halogens is 2. The Morgan fingerprint density at radius 2 is 1.68 bits per heavy atom. The smallest absolute Gasteiger partial charge is 0.323 e. The molecule has 2 aromatic rings. The highest BCUT2D eigenvalue weighted by atomic mass is 35.5. The molecular formula is C15H11Cl2N3O2. The van der Waals surface area contributed by atoms with E-state index in [2.05, 4.69) is 16.0 Å². The maximum atomic E-state index is 12.0. The molecule has 0 unspecified atom stereocenters. The Morgan fingerprint density at radius 3 is 2.41 bits per heavy atom. The van der Waals surface area contributed by atoms with Crippen molar-refractivity contribution in [1.29, 1.82) is 0 Å². The fourth-order valence-corrected chi connectivity index (χ4v) is 2.74. The van der Waals surface area contributed by atoms with Crippen molar-refractivity contribution in [3.05, 3.63) is 52.0 Å². The van der Waals surface area contributed by atoms with Gasteiger partial charge in [0.25, 0.3) is 0 Å². The van der Waals surface area contributed by atoms with Crippen LogP contribution in [0.4, 0.5) is 21.9 Å². The number of nitrogens with one attached hydrogen (secondary N) is 3. The second kappa shape index (κ2) is 5.87. The molecule has 0 aliphatic carbocycles. The highest BCUT2D eigenvalue weighted by Crippen LogP contribution is 2.27. The molecule has 1 heterocycles. The normalized spacial score (nSPS) is 12.5. The summed E-state index contributed by atoms with van der Waals surface area (Å²) in [6.07, 6.45) is 0.364. The molecule has 0 aromatic heterocycles. The molecule has 112 valence electrons. The van der Waals surface area contributed by atoms with Gasteiger partial charge in [-0.25, -0.2) is 4.79 Å². The third-order valence-electron chi connectivity index (χ3n) is 3.11. The van der Waals surface area contributed by atoms with Crippen molar-refractivity contribution in [2.45, 2.75) is 6.42 Å². The lowest BCUT2D eigenvalue weighted by Crippen LogP contribution is -2.19. The number of carbonyl (C=O) groups is 2. The summed E-state index contributed by atoms with van der Waals surface area (Å²) in [5.74, 6) is -0.0508. The zero-order valence-corrected chi connectivity index (χ0v) is 12.8. The fraction of sp³-hybridized carbons (Fsp3) is 0.0667. The van der Waals surface area contributed by atoms with Crippen molar-refractivity contribution in [3.8, 4) is 0 Å². The van der Waals surface area contributed by atoms with Gasteiger partial charge in [-0.05, 0) is 35.9 Å². The summed E-state index contributed by atoms with van der Waals surface area (Å²) in [6, 6.07) is 9.59. The summed E-state index contributed by atoms with van der Waals surface area (Å²) in [6.45, 7) is 0. The van der Waals surface area contributed by atoms with Crippen molar-refractivity contribution in [3.63, 3.8) is 0 Å². The molecule has 0 bridgehead atoms. The minimum atomic E-state index is -0.428. The molecule has 3 amide bonds. The first-order chi connectivity index (χ1) is 10.5. The Hall–Kier alpha value is -2.24. The number of hydrogen-bond donors (Lipinski definition) is 3. The molecule has 22 heavy (non-hydrogen) atoms. The number of anilines is 3. The number of hydrogen-bond acceptors (Lipinski definition) is 2. The Morgan fingerprint density at radius 1 is 1.00 bits per heavy atom. The third-order valence-corrected chi connectivity index (χ3v) is 3.55. The summed E-state index contributed by atoms with van der Waals surface area (Å²) in [7, 11) is 0. The van der Waals surface area contributed by atoms with Crippen LogP contribution in [0, 0.1) is 0 Å². The van der Waals surface area contributed by atoms with E-state index in [9.17, 15) is 9.59 Å². The average molecular weight is 336 g/mol. The molecule has 0 saturated heterocycles. The van der Waals surface area contributed by atoms with Crippen LogP contribution in [0.2, 0.25) is 10.0 Å². The molecule has 0 atom stereocenters. The maximum absolute atomic E-state index is 12.0. The van der Waals surface area contributed by atoms with Gasteiger partial charge in [-0.3, -0.25) is 4.79 Å². The predicted molar refractivity (Wildman–Crippen MR) is 87.9 cm³/mol. The van der Waals surface area contributed by atoms with Crippen LogP contribution in [-0.4, -0.2) is 11.9 Å². The van der Waals surface area contributed by atoms with Crippen LogP contribution in [-0.2, 0) is 11.2 Å². The van der Waals surface area contributed by atoms with Gasteiger partial charge >= 0.3 is 6.03 Å². The number of rotatable bonds is 2. The molecule has 5 nitrogen and oxygen atoms in total. The largest absolute Gasteiger partial charge is 0.325 e. The van der Waals surface area contributed by atoms with Gasteiger partial charge in [0, 0.05) is 27.1 Å². The molecule has 1 aliphatic rings. The molecule has 0 saturated carbocycles. The Labute approximate surface area is 136 Å². The summed E-state index contributed by atoms with van der Waals surface area (Å²) in [4.78, 5) is 23.3. The van der Waals surface area contributed by atoms with Crippen LogP contribution < -0.4 is 16.0 Å². The molecule has 3 rings (SSSR count). The molecule has 7 heteroatoms. The van der Waals surface area contributed by atoms with E-state index in [4.69, 9.17) is 23.2 Å². The molecule has 0 fully saturated rings. The summed E-state index contributed by atoms with van der Waals surface area (Å²) in [5, 5.41) is 8.93. The first-order valence-corrected chi connectivity index (χ1v) is 7.22. The standard InChI is InChI=1S/C15H11Cl2N3O2/c16-9-4-10(17)6-12(5-9)19-15(22)18-11-2-1-8-3-14(21)20-13(8)7-11/h1-2,4-7H,3H2,(H,20,21)(H2,18,19,22). The van der Waals surface area contributed by atoms with Crippen LogP contribution >= 0.6 is 23.2 Å². The van der Waals surface area contributed by atoms with E-state index in [0.29, 0.717) is 33.5 Å². The lowest BCUT2D eigenvalue weighted by Gasteiger charge is -2.09. The van der Waals surface area contributed by atoms with E-state index in [1.54, 1.807) is 36.4 Å². The maximum Gasteiger partial charge on any atom is 0.323 e. The van der Waals surface area contributed by atoms with Gasteiger partial charge in [-0.1, -0.05) is 29.3 Å². The van der Waals surface area contributed by atoms with E-state index in [-0.39, 0.29) is 5.91 Å². The highest BCUT2D eigenvalue weighted by molar-refractivity contribution is 6.35. The number of benzene rings is 2. The summed E-state index contributed by atoms with van der Waals surface area (Å²) < 4.78 is 0. The van der Waals surface area contributed by atoms with Crippen LogP contribution in [0.3, 0.4) is 0 Å². The Balaban J connectivity index is 1.69. The van der Waals surface area contributed by atoms with Crippen LogP contribution in [0.25, 0.3) is 0 Å². The SMILES string of the molecule is O=C1Cc2ccc(NC(=O)Nc3cc(Cl)cc(Cl)c3)cc2N1. The van der Waals surface area contributed by atoms with Gasteiger partial charge < -0.3 is 16.0 Å². The second-order valence-electron chi connectivity index (χ2n) is 4.83. The topological polar surface area (TPSA) is 70.2 Å². The predicted octanol–water partition coefficient (Wildman–Crippen LogP) is 4.13. The van der Waals surface area contributed by atoms with Gasteiger partial charge in [0.1, 0.15) is 0 Å². The quantitative estimate of drug-likeness (QED) is 0.772. The first kappa shape index (κ1) is 14.7. The third kappa shape index (κ3) is 3.32. The van der Waals surface area contributed by atoms with Crippen molar-refractivity contribution < 1.29 is 9.59 Å². The zero-order chi connectivity index (χ0) is 15.7. The highest BCUT2D eigenvalue weighted by Gasteiger charge is 2.17. The summed E-state index contributed by atoms with van der Waals surface area (Å²) >= 11 is 11.8. The van der Waals surface area contributed by atoms with E-state index < -0.39 is 6.03 Å². The molecule has 2 aromatic carbocycles. The average Bonchev–Trinajstić information content (AvgIpc) is 2.76. The van der Waals surface area contributed by atoms with Gasteiger partial charge in [0.15, 0.2) is 0 Å². The Kier molecular flexibility index (Phi) is 3.92. The first-order valence-electron chi connectivity index (χ1n) is 6.46. The van der Waals surface area contributed by atoms with E-state index in [0.717, 1.165) is 5.56 Å². The van der Waals surface area contributed by atoms with E-state index in [1.807, 2.05) is 0 Å². The van der Waals surface area contributed by atoms with Crippen LogP contribution in [0.1, 0.15) is 5.56 Å². The molecule has 0 radical (unpaired) electrons. The fourth-order valence-electron chi connectivity index (χ4n) is 2.21. The number of amides is 3. The van der Waals surface area contributed by atoms with E-state index >= 15 is 0 Å². The second-order valence-corrected chi connectivity index (χ2v) is 5.71. The van der Waals surface area contributed by atoms with Crippen LogP contribution in [0.5, 0.6) is 0 Å². The van der Waals surface area contributed by atoms with Crippen molar-refractivity contribution >= 4 is 52.2 Å². The number of urea groups is 1. The van der Waals surface area contributed by atoms with Crippen molar-refractivity contribution in [1.82, 2.24) is 0 Å². The monoisotopic (exact) mass is 335 g/mol. The molecule has 0 spiro atoms. The van der Waals surface area contributed by atoms with Gasteiger partial charge in [0.2, 0.25) is 5.91 Å². The molecule has 1 aliphatic heterocycles. The van der Waals surface area contributed by atoms with Crippen molar-refractivity contribution in [2.75, 3.05) is 16.0 Å². The van der Waals surface area contributed by atoms with Gasteiger partial charge in [0.05, 0.1) is 6.42 Å². The minimum absolute atomic E-state index is 0.0508. The van der Waals surface area contributed by atoms with Gasteiger partial charge in [-0.15, -0.1) is 0 Å². The number of fused-ring (bicyclic) bond motifs is 1. The molecule has 3 N–H and O–H groups in total. The summed E-state index contributed by atoms with van der Waals surface area (Å²) in [5.41, 5.74) is 2.70. The zero-order valence-electron chi connectivity index (χ0n) is 11.2. The minimum Gasteiger partial charge on any atom is -0.325 e. The molecular weight excluding hydrogens is 325 g/mol. The Bertz CT molecular complexity index is 757. The number of carbonyl (C=O) groups excluding carboxylic acids is 2. The van der Waals surface area contributed by atoms with Gasteiger partial charge in [-0.2, -0.15) is 0 Å².